The third-order valence-corrected chi connectivity index (χ3v) is 6.15. The largest absolute Gasteiger partial charge is 0.416 e. The Morgan fingerprint density at radius 2 is 1.85 bits per heavy atom. The molecule has 1 aromatic heterocycles. The van der Waals surface area contributed by atoms with Crippen molar-refractivity contribution in [3.8, 4) is 0 Å². The van der Waals surface area contributed by atoms with Gasteiger partial charge in [0, 0.05) is 29.2 Å². The lowest BCUT2D eigenvalue weighted by Crippen LogP contribution is -2.30. The number of rotatable bonds is 7. The van der Waals surface area contributed by atoms with Crippen molar-refractivity contribution in [2.45, 2.75) is 30.6 Å². The molecule has 0 aliphatic carbocycles. The highest BCUT2D eigenvalue weighted by molar-refractivity contribution is 7.98. The van der Waals surface area contributed by atoms with Crippen molar-refractivity contribution in [1.29, 1.82) is 0 Å². The van der Waals surface area contributed by atoms with Gasteiger partial charge in [-0.25, -0.2) is 4.68 Å². The van der Waals surface area contributed by atoms with Gasteiger partial charge in [-0.15, -0.1) is 0 Å². The van der Waals surface area contributed by atoms with Crippen LogP contribution in [-0.4, -0.2) is 28.1 Å². The number of thioether (sulfide) groups is 1. The quantitative estimate of drug-likeness (QED) is 0.537. The number of fused-ring (bicyclic) bond motifs is 1. The van der Waals surface area contributed by atoms with Gasteiger partial charge in [-0.1, -0.05) is 36.4 Å². The molecule has 33 heavy (non-hydrogen) atoms. The van der Waals surface area contributed by atoms with Crippen LogP contribution in [0.2, 0.25) is 0 Å². The average molecular weight is 475 g/mol. The van der Waals surface area contributed by atoms with Gasteiger partial charge in [0.05, 0.1) is 11.3 Å². The van der Waals surface area contributed by atoms with Crippen molar-refractivity contribution >= 4 is 29.4 Å². The molecule has 2 N–H and O–H groups in total. The van der Waals surface area contributed by atoms with E-state index in [9.17, 15) is 22.8 Å². The lowest BCUT2D eigenvalue weighted by Gasteiger charge is -2.12. The Morgan fingerprint density at radius 1 is 1.06 bits per heavy atom. The van der Waals surface area contributed by atoms with Gasteiger partial charge in [0.2, 0.25) is 5.91 Å². The Labute approximate surface area is 192 Å². The summed E-state index contributed by atoms with van der Waals surface area (Å²) in [5.74, 6) is 0.629. The molecule has 4 rings (SSSR count). The molecule has 0 unspecified atom stereocenters. The van der Waals surface area contributed by atoms with Crippen molar-refractivity contribution in [2.24, 2.45) is 0 Å². The van der Waals surface area contributed by atoms with E-state index in [2.05, 4.69) is 15.7 Å². The second-order valence-electron chi connectivity index (χ2n) is 7.54. The summed E-state index contributed by atoms with van der Waals surface area (Å²) in [7, 11) is 0. The number of amides is 2. The number of carbonyl (C=O) groups is 2. The number of nitrogens with one attached hydrogen (secondary N) is 2. The van der Waals surface area contributed by atoms with Crippen LogP contribution in [0.25, 0.3) is 0 Å². The van der Waals surface area contributed by atoms with Crippen LogP contribution in [-0.2, 0) is 35.4 Å². The first-order chi connectivity index (χ1) is 15.8. The minimum absolute atomic E-state index is 0.106. The van der Waals surface area contributed by atoms with E-state index in [0.717, 1.165) is 29.0 Å². The van der Waals surface area contributed by atoms with Crippen molar-refractivity contribution in [1.82, 2.24) is 15.1 Å². The van der Waals surface area contributed by atoms with Gasteiger partial charge >= 0.3 is 6.18 Å². The molecule has 0 spiro atoms. The molecule has 0 fully saturated rings. The minimum Gasteiger partial charge on any atom is -0.354 e. The lowest BCUT2D eigenvalue weighted by molar-refractivity contribution is -0.137. The molecule has 1 aliphatic rings. The van der Waals surface area contributed by atoms with Crippen molar-refractivity contribution in [3.05, 3.63) is 82.5 Å². The monoisotopic (exact) mass is 474 g/mol. The molecule has 0 atom stereocenters. The van der Waals surface area contributed by atoms with Crippen molar-refractivity contribution in [3.63, 3.8) is 0 Å². The van der Waals surface area contributed by atoms with Crippen molar-refractivity contribution < 1.29 is 22.8 Å². The van der Waals surface area contributed by atoms with E-state index in [-0.39, 0.29) is 18.0 Å². The molecular weight excluding hydrogens is 453 g/mol. The maximum Gasteiger partial charge on any atom is 0.416 e. The van der Waals surface area contributed by atoms with Crippen LogP contribution < -0.4 is 10.6 Å². The highest BCUT2D eigenvalue weighted by Crippen LogP contribution is 2.35. The number of hydrogen-bond donors (Lipinski definition) is 2. The highest BCUT2D eigenvalue weighted by Gasteiger charge is 2.31. The fraction of sp³-hybridized carbons (Fsp3) is 0.261. The SMILES string of the molecule is O=C(Cn1nc2c(c1NC(=O)c1cccc(C(F)(F)F)c1)CSC2)NCCc1ccccc1. The number of nitrogens with zero attached hydrogens (tertiary/aromatic N) is 2. The molecule has 3 aromatic rings. The summed E-state index contributed by atoms with van der Waals surface area (Å²) >= 11 is 1.62. The van der Waals surface area contributed by atoms with Gasteiger partial charge in [-0.3, -0.25) is 9.59 Å². The van der Waals surface area contributed by atoms with Crippen LogP contribution in [0.1, 0.15) is 32.7 Å². The fourth-order valence-electron chi connectivity index (χ4n) is 3.52. The molecule has 2 amide bonds. The normalized spacial score (nSPS) is 12.9. The van der Waals surface area contributed by atoms with Crippen LogP contribution in [0, 0.1) is 0 Å². The van der Waals surface area contributed by atoms with Crippen molar-refractivity contribution in [2.75, 3.05) is 11.9 Å². The summed E-state index contributed by atoms with van der Waals surface area (Å²) in [4.78, 5) is 25.2. The Hall–Kier alpha value is -3.27. The molecule has 0 saturated carbocycles. The first kappa shape index (κ1) is 22.9. The van der Waals surface area contributed by atoms with E-state index in [1.165, 1.54) is 16.8 Å². The summed E-state index contributed by atoms with van der Waals surface area (Å²) < 4.78 is 40.5. The summed E-state index contributed by atoms with van der Waals surface area (Å²) in [6, 6.07) is 14.0. The lowest BCUT2D eigenvalue weighted by atomic mass is 10.1. The molecule has 2 aromatic carbocycles. The molecular formula is C23H21F3N4O2S. The number of aromatic nitrogens is 2. The van der Waals surface area contributed by atoms with Gasteiger partial charge in [0.1, 0.15) is 12.4 Å². The van der Waals surface area contributed by atoms with Gasteiger partial charge < -0.3 is 10.6 Å². The fourth-order valence-corrected chi connectivity index (χ4v) is 4.55. The molecule has 0 saturated heterocycles. The summed E-state index contributed by atoms with van der Waals surface area (Å²) in [5, 5.41) is 9.95. The molecule has 1 aliphatic heterocycles. The van der Waals surface area contributed by atoms with E-state index in [0.29, 0.717) is 30.3 Å². The number of carbonyl (C=O) groups excluding carboxylic acids is 2. The van der Waals surface area contributed by atoms with Crippen LogP contribution in [0.5, 0.6) is 0 Å². The van der Waals surface area contributed by atoms with Gasteiger partial charge in [0.15, 0.2) is 0 Å². The van der Waals surface area contributed by atoms with E-state index in [1.54, 1.807) is 11.8 Å². The maximum atomic E-state index is 13.0. The van der Waals surface area contributed by atoms with E-state index >= 15 is 0 Å². The summed E-state index contributed by atoms with van der Waals surface area (Å²) in [6.07, 6.45) is -3.87. The molecule has 2 heterocycles. The smallest absolute Gasteiger partial charge is 0.354 e. The van der Waals surface area contributed by atoms with Crippen LogP contribution in [0.4, 0.5) is 19.0 Å². The maximum absolute atomic E-state index is 13.0. The van der Waals surface area contributed by atoms with E-state index < -0.39 is 17.6 Å². The first-order valence-electron chi connectivity index (χ1n) is 10.3. The number of hydrogen-bond acceptors (Lipinski definition) is 4. The van der Waals surface area contributed by atoms with E-state index in [1.807, 2.05) is 30.3 Å². The zero-order chi connectivity index (χ0) is 23.4. The van der Waals surface area contributed by atoms with E-state index in [4.69, 9.17) is 0 Å². The summed E-state index contributed by atoms with van der Waals surface area (Å²) in [6.45, 7) is 0.344. The first-order valence-corrected chi connectivity index (χ1v) is 11.4. The molecule has 172 valence electrons. The molecule has 0 bridgehead atoms. The highest BCUT2D eigenvalue weighted by atomic mass is 32.2. The summed E-state index contributed by atoms with van der Waals surface area (Å²) in [5.41, 5.74) is 1.63. The third kappa shape index (κ3) is 5.57. The predicted molar refractivity (Wildman–Crippen MR) is 120 cm³/mol. The molecule has 0 radical (unpaired) electrons. The number of halogens is 3. The number of benzene rings is 2. The Kier molecular flexibility index (Phi) is 6.73. The van der Waals surface area contributed by atoms with Crippen LogP contribution in [0.15, 0.2) is 54.6 Å². The molecule has 10 heteroatoms. The Balaban J connectivity index is 1.45. The zero-order valence-corrected chi connectivity index (χ0v) is 18.3. The second-order valence-corrected chi connectivity index (χ2v) is 8.53. The van der Waals surface area contributed by atoms with Gasteiger partial charge in [-0.05, 0) is 30.2 Å². The second kappa shape index (κ2) is 9.70. The minimum atomic E-state index is -4.55. The zero-order valence-electron chi connectivity index (χ0n) is 17.5. The van der Waals surface area contributed by atoms with Gasteiger partial charge in [0.25, 0.3) is 5.91 Å². The predicted octanol–water partition coefficient (Wildman–Crippen LogP) is 4.26. The molecule has 6 nitrogen and oxygen atoms in total. The Morgan fingerprint density at radius 3 is 2.61 bits per heavy atom. The Bertz CT molecular complexity index is 1160. The average Bonchev–Trinajstić information content (AvgIpc) is 3.36. The van der Waals surface area contributed by atoms with Crippen LogP contribution >= 0.6 is 11.8 Å². The number of anilines is 1. The number of alkyl halides is 3. The topological polar surface area (TPSA) is 76.0 Å². The third-order valence-electron chi connectivity index (χ3n) is 5.17. The van der Waals surface area contributed by atoms with Gasteiger partial charge in [-0.2, -0.15) is 30.0 Å². The van der Waals surface area contributed by atoms with Crippen LogP contribution in [0.3, 0.4) is 0 Å². The standard InChI is InChI=1S/C23H21F3N4O2S/c24-23(25,26)17-8-4-7-16(11-17)22(32)28-21-18-13-33-14-19(18)29-30(21)12-20(31)27-10-9-15-5-2-1-3-6-15/h1-8,11H,9-10,12-14H2,(H,27,31)(H,28,32).